The van der Waals surface area contributed by atoms with Crippen LogP contribution in [0.4, 0.5) is 0 Å². The van der Waals surface area contributed by atoms with Crippen LogP contribution in [0.25, 0.3) is 0 Å². The molecule has 0 spiro atoms. The molecule has 0 N–H and O–H groups in total. The molecule has 0 saturated heterocycles. The van der Waals surface area contributed by atoms with Crippen molar-refractivity contribution in [1.82, 2.24) is 0 Å². The second-order valence-corrected chi connectivity index (χ2v) is 19.9. The molecule has 2 rings (SSSR count). The monoisotopic (exact) mass is 384 g/mol. The van der Waals surface area contributed by atoms with Crippen molar-refractivity contribution in [3.63, 3.8) is 0 Å². The highest BCUT2D eigenvalue weighted by atomic mass is 28.3. The summed E-state index contributed by atoms with van der Waals surface area (Å²) in [5, 5.41) is 6.40. The first-order valence-corrected chi connectivity index (χ1v) is 17.8. The summed E-state index contributed by atoms with van der Waals surface area (Å²) in [5.74, 6) is 0. The Balaban J connectivity index is 2.61. The molecule has 0 amide bonds. The van der Waals surface area contributed by atoms with Crippen molar-refractivity contribution in [1.29, 1.82) is 0 Å². The normalized spacial score (nSPS) is 12.6. The molecule has 0 aliphatic rings. The van der Waals surface area contributed by atoms with E-state index in [1.807, 2.05) is 0 Å². The van der Waals surface area contributed by atoms with E-state index in [2.05, 4.69) is 102 Å². The lowest BCUT2D eigenvalue weighted by molar-refractivity contribution is 0.928. The van der Waals surface area contributed by atoms with Gasteiger partial charge in [0.1, 0.15) is 8.07 Å². The van der Waals surface area contributed by atoms with Gasteiger partial charge in [0, 0.05) is 0 Å². The van der Waals surface area contributed by atoms with Gasteiger partial charge in [0.25, 0.3) is 0 Å². The van der Waals surface area contributed by atoms with Gasteiger partial charge in [-0.15, -0.1) is 0 Å². The van der Waals surface area contributed by atoms with Crippen LogP contribution in [-0.2, 0) is 0 Å². The maximum absolute atomic E-state index is 2.47. The lowest BCUT2D eigenvalue weighted by Gasteiger charge is -2.41. The van der Waals surface area contributed by atoms with Gasteiger partial charge in [-0.3, -0.25) is 0 Å². The third-order valence-corrected chi connectivity index (χ3v) is 15.6. The molecule has 0 atom stereocenters. The minimum atomic E-state index is -1.79. The van der Waals surface area contributed by atoms with E-state index in [-0.39, 0.29) is 0 Å². The second kappa shape index (κ2) is 8.19. The molecule has 0 radical (unpaired) electrons. The highest BCUT2D eigenvalue weighted by Gasteiger charge is 2.43. The maximum atomic E-state index is 2.47. The fourth-order valence-electron chi connectivity index (χ4n) is 4.45. The summed E-state index contributed by atoms with van der Waals surface area (Å²) in [7, 11) is -3.24. The Morgan fingerprint density at radius 2 is 0.840 bits per heavy atom. The Labute approximate surface area is 159 Å². The Hall–Kier alpha value is -0.909. The van der Waals surface area contributed by atoms with Crippen molar-refractivity contribution in [2.24, 2.45) is 0 Å². The summed E-state index contributed by atoms with van der Waals surface area (Å²) in [6, 6.07) is 19.6. The summed E-state index contributed by atoms with van der Waals surface area (Å²) < 4.78 is 0. The summed E-state index contributed by atoms with van der Waals surface area (Å²) >= 11 is 0. The van der Waals surface area contributed by atoms with E-state index in [4.69, 9.17) is 0 Å². The minimum absolute atomic E-state index is 0.691. The van der Waals surface area contributed by atoms with E-state index in [0.717, 1.165) is 0 Å². The average Bonchev–Trinajstić information content (AvgIpc) is 2.55. The Morgan fingerprint density at radius 1 is 0.560 bits per heavy atom. The second-order valence-electron chi connectivity index (χ2n) is 8.73. The average molecular weight is 385 g/mol. The smallest absolute Gasteiger partial charge is 0.0682 e. The summed E-state index contributed by atoms with van der Waals surface area (Å²) in [5.41, 5.74) is 1.38. The lowest BCUT2D eigenvalue weighted by atomic mass is 10.3. The zero-order valence-corrected chi connectivity index (χ0v) is 20.7. The van der Waals surface area contributed by atoms with Crippen molar-refractivity contribution in [2.45, 2.75) is 65.0 Å². The van der Waals surface area contributed by atoms with Crippen LogP contribution >= 0.6 is 0 Å². The van der Waals surface area contributed by atoms with E-state index in [0.29, 0.717) is 11.1 Å². The molecule has 0 aliphatic carbocycles. The van der Waals surface area contributed by atoms with E-state index in [9.17, 15) is 0 Å². The van der Waals surface area contributed by atoms with Gasteiger partial charge >= 0.3 is 0 Å². The Kier molecular flexibility index (Phi) is 6.68. The van der Waals surface area contributed by atoms with Crippen LogP contribution in [0.3, 0.4) is 0 Å². The van der Waals surface area contributed by atoms with Gasteiger partial charge in [-0.2, -0.15) is 0 Å². The van der Waals surface area contributed by atoms with Crippen LogP contribution in [0.2, 0.25) is 37.3 Å². The zero-order valence-electron chi connectivity index (χ0n) is 17.4. The minimum Gasteiger partial charge on any atom is -0.0682 e. The van der Waals surface area contributed by atoms with E-state index < -0.39 is 25.7 Å². The van der Waals surface area contributed by atoms with Crippen molar-refractivity contribution in [3.8, 4) is 0 Å². The fraction of sp³-hybridized carbons (Fsp3) is 0.455. The molecule has 0 heterocycles. The maximum Gasteiger partial charge on any atom is 0.123 e. The number of benzene rings is 2. The third kappa shape index (κ3) is 3.93. The molecule has 2 aromatic carbocycles. The van der Waals surface area contributed by atoms with Crippen LogP contribution in [0.5, 0.6) is 0 Å². The van der Waals surface area contributed by atoms with Crippen LogP contribution < -0.4 is 20.7 Å². The quantitative estimate of drug-likeness (QED) is 0.669. The predicted octanol–water partition coefficient (Wildman–Crippen LogP) is 3.46. The van der Waals surface area contributed by atoms with Crippen molar-refractivity contribution < 1.29 is 0 Å². The topological polar surface area (TPSA) is 0 Å². The molecule has 3 heteroatoms. The van der Waals surface area contributed by atoms with E-state index in [1.165, 1.54) is 0 Å². The molecule has 0 bridgehead atoms. The molecular weight excluding hydrogens is 349 g/mol. The summed E-state index contributed by atoms with van der Waals surface area (Å²) in [6.07, 6.45) is 0. The number of hydrogen-bond acceptors (Lipinski definition) is 0. The highest BCUT2D eigenvalue weighted by Crippen LogP contribution is 2.31. The third-order valence-electron chi connectivity index (χ3n) is 5.93. The van der Waals surface area contributed by atoms with Gasteiger partial charge in [0.2, 0.25) is 0 Å². The first-order valence-electron chi connectivity index (χ1n) is 9.92. The van der Waals surface area contributed by atoms with Crippen LogP contribution in [0.15, 0.2) is 48.5 Å². The Morgan fingerprint density at radius 3 is 1.04 bits per heavy atom. The molecule has 2 aromatic rings. The zero-order chi connectivity index (χ0) is 18.8. The molecule has 0 unspecified atom stereocenters. The predicted molar refractivity (Wildman–Crippen MR) is 125 cm³/mol. The molecule has 0 aromatic heterocycles. The molecule has 0 nitrogen and oxygen atoms in total. The molecule has 0 fully saturated rings. The fourth-order valence-corrected chi connectivity index (χ4v) is 12.1. The van der Waals surface area contributed by atoms with E-state index >= 15 is 0 Å². The van der Waals surface area contributed by atoms with Gasteiger partial charge in [-0.25, -0.2) is 0 Å². The molecule has 136 valence electrons. The Bertz CT molecular complexity index is 606. The van der Waals surface area contributed by atoms with Gasteiger partial charge in [0.15, 0.2) is 0 Å². The number of rotatable bonds is 6. The summed E-state index contributed by atoms with van der Waals surface area (Å²) in [4.78, 5) is 0. The van der Waals surface area contributed by atoms with Gasteiger partial charge in [0.05, 0.1) is 17.6 Å². The molecule has 0 aliphatic heterocycles. The summed E-state index contributed by atoms with van der Waals surface area (Å²) in [6.45, 7) is 19.5. The standard InChI is InChI=1S/C22H36Si3/c1-17(2)25(18(3)4,21-13-9-19(10-14-21)23(5)6)22-15-11-20(12-16-22)24(7)8/h9-18,23-24H,1-8H3. The number of hydrogen-bond donors (Lipinski definition) is 0. The molecular formula is C22H36Si3. The lowest BCUT2D eigenvalue weighted by Crippen LogP contribution is -2.63. The van der Waals surface area contributed by atoms with Crippen molar-refractivity contribution >= 4 is 46.4 Å². The van der Waals surface area contributed by atoms with Crippen molar-refractivity contribution in [3.05, 3.63) is 48.5 Å². The van der Waals surface area contributed by atoms with E-state index in [1.54, 1.807) is 20.7 Å². The van der Waals surface area contributed by atoms with Crippen molar-refractivity contribution in [2.75, 3.05) is 0 Å². The molecule has 0 saturated carbocycles. The van der Waals surface area contributed by atoms with Crippen LogP contribution in [0.1, 0.15) is 27.7 Å². The van der Waals surface area contributed by atoms with Crippen LogP contribution in [0, 0.1) is 0 Å². The van der Waals surface area contributed by atoms with Gasteiger partial charge in [-0.05, 0) is 11.1 Å². The highest BCUT2D eigenvalue weighted by molar-refractivity contribution is 7.04. The first-order chi connectivity index (χ1) is 11.7. The largest absolute Gasteiger partial charge is 0.123 e. The SMILES string of the molecule is CC(C)[Si](c1ccc([SiH](C)C)cc1)(c1ccc([SiH](C)C)cc1)C(C)C. The van der Waals surface area contributed by atoms with Gasteiger partial charge < -0.3 is 0 Å². The molecule has 25 heavy (non-hydrogen) atoms. The van der Waals surface area contributed by atoms with Crippen LogP contribution in [-0.4, -0.2) is 25.7 Å². The van der Waals surface area contributed by atoms with Gasteiger partial charge in [-0.1, -0.05) is 123 Å². The first kappa shape index (κ1) is 20.4.